The second-order valence-electron chi connectivity index (χ2n) is 11.0. The molecule has 1 aromatic heterocycles. The summed E-state index contributed by atoms with van der Waals surface area (Å²) < 4.78 is 6.31. The van der Waals surface area contributed by atoms with Gasteiger partial charge in [0, 0.05) is 25.1 Å². The first-order valence-corrected chi connectivity index (χ1v) is 14.1. The lowest BCUT2D eigenvalue weighted by Gasteiger charge is -2.30. The van der Waals surface area contributed by atoms with E-state index in [2.05, 4.69) is 18.0 Å². The van der Waals surface area contributed by atoms with Gasteiger partial charge in [-0.15, -0.1) is 0 Å². The van der Waals surface area contributed by atoms with Crippen molar-refractivity contribution >= 4 is 29.4 Å². The minimum Gasteiger partial charge on any atom is -0.508 e. The Morgan fingerprint density at radius 3 is 2.58 bits per heavy atom. The van der Waals surface area contributed by atoms with Crippen LogP contribution in [0.1, 0.15) is 63.1 Å². The van der Waals surface area contributed by atoms with Crippen molar-refractivity contribution in [3.8, 4) is 5.75 Å². The molecule has 0 spiro atoms. The number of carboxylic acids is 1. The maximum atomic E-state index is 13.5. The van der Waals surface area contributed by atoms with Crippen LogP contribution in [0.4, 0.5) is 0 Å². The summed E-state index contributed by atoms with van der Waals surface area (Å²) in [5.41, 5.74) is 5.25. The van der Waals surface area contributed by atoms with Crippen molar-refractivity contribution < 1.29 is 29.3 Å². The largest absolute Gasteiger partial charge is 0.508 e. The van der Waals surface area contributed by atoms with Crippen LogP contribution in [0.5, 0.6) is 5.75 Å². The highest BCUT2D eigenvalue weighted by Gasteiger charge is 2.56. The number of allylic oxidation sites excluding steroid dienone is 2. The molecule has 1 aromatic carbocycles. The third-order valence-electron chi connectivity index (χ3n) is 8.42. The first kappa shape index (κ1) is 27.8. The number of phenolic OH excluding ortho intramolecular Hbond substituents is 1. The number of hydrogen-bond acceptors (Lipinski definition) is 6. The van der Waals surface area contributed by atoms with Gasteiger partial charge in [-0.25, -0.2) is 0 Å². The molecular weight excluding hydrogens is 508 g/mol. The summed E-state index contributed by atoms with van der Waals surface area (Å²) in [7, 11) is 0. The van der Waals surface area contributed by atoms with E-state index >= 15 is 0 Å². The van der Waals surface area contributed by atoms with Crippen LogP contribution in [0.2, 0.25) is 0 Å². The molecule has 0 saturated carbocycles. The number of aromatic hydroxyl groups is 1. The molecule has 40 heavy (non-hydrogen) atoms. The molecule has 2 N–H and O–H groups in total. The minimum atomic E-state index is -0.827. The van der Waals surface area contributed by atoms with Crippen LogP contribution in [0, 0.1) is 17.8 Å². The number of benzene rings is 1. The molecule has 2 aromatic rings. The number of ether oxygens (including phenoxy) is 1. The number of carbonyl (C=O) groups is 3. The van der Waals surface area contributed by atoms with Crippen molar-refractivity contribution in [1.82, 2.24) is 9.88 Å². The number of aromatic nitrogens is 1. The van der Waals surface area contributed by atoms with E-state index in [9.17, 15) is 19.5 Å². The van der Waals surface area contributed by atoms with Crippen molar-refractivity contribution in [3.63, 3.8) is 0 Å². The summed E-state index contributed by atoms with van der Waals surface area (Å²) in [5, 5.41) is 18.5. The fourth-order valence-electron chi connectivity index (χ4n) is 6.52. The van der Waals surface area contributed by atoms with E-state index in [1.807, 2.05) is 30.3 Å². The van der Waals surface area contributed by atoms with Crippen LogP contribution in [0.3, 0.4) is 0 Å². The second-order valence-corrected chi connectivity index (χ2v) is 11.0. The Balaban J connectivity index is 1.28. The Bertz CT molecular complexity index is 1320. The van der Waals surface area contributed by atoms with E-state index in [-0.39, 0.29) is 47.8 Å². The Morgan fingerprint density at radius 1 is 1.05 bits per heavy atom. The number of carboxylic acid groups (broad SMARTS) is 1. The van der Waals surface area contributed by atoms with Crippen LogP contribution in [0.15, 0.2) is 59.8 Å². The average molecular weight is 545 g/mol. The predicted octanol–water partition coefficient (Wildman–Crippen LogP) is 5.09. The fourth-order valence-corrected chi connectivity index (χ4v) is 6.52. The van der Waals surface area contributed by atoms with Crippen LogP contribution in [-0.2, 0) is 19.1 Å². The molecule has 3 aliphatic rings. The van der Waals surface area contributed by atoms with Crippen LogP contribution < -0.4 is 0 Å². The van der Waals surface area contributed by atoms with Crippen molar-refractivity contribution in [2.24, 2.45) is 17.8 Å². The quantitative estimate of drug-likeness (QED) is 0.230. The van der Waals surface area contributed by atoms with Gasteiger partial charge in [0.1, 0.15) is 5.75 Å². The molecule has 1 aliphatic carbocycles. The number of pyridine rings is 1. The number of rotatable bonds is 11. The van der Waals surface area contributed by atoms with E-state index in [1.54, 1.807) is 18.3 Å². The van der Waals surface area contributed by atoms with Gasteiger partial charge in [-0.3, -0.25) is 24.3 Å². The van der Waals surface area contributed by atoms with Gasteiger partial charge in [-0.05, 0) is 86.1 Å². The molecule has 4 atom stereocenters. The third kappa shape index (κ3) is 5.87. The maximum absolute atomic E-state index is 13.5. The lowest BCUT2D eigenvalue weighted by Crippen LogP contribution is -2.34. The Kier molecular flexibility index (Phi) is 8.45. The Morgan fingerprint density at radius 2 is 1.85 bits per heavy atom. The molecule has 8 heteroatoms. The van der Waals surface area contributed by atoms with Crippen LogP contribution >= 0.6 is 0 Å². The summed E-state index contributed by atoms with van der Waals surface area (Å²) >= 11 is 0. The molecule has 0 bridgehead atoms. The van der Waals surface area contributed by atoms with E-state index in [1.165, 1.54) is 10.5 Å². The predicted molar refractivity (Wildman–Crippen MR) is 150 cm³/mol. The van der Waals surface area contributed by atoms with Gasteiger partial charge in [0.25, 0.3) is 0 Å². The molecule has 0 radical (unpaired) electrons. The number of hydrogen-bond donors (Lipinski definition) is 2. The van der Waals surface area contributed by atoms with Crippen LogP contribution in [0.25, 0.3) is 11.6 Å². The molecule has 2 saturated heterocycles. The van der Waals surface area contributed by atoms with Gasteiger partial charge in [0.05, 0.1) is 30.2 Å². The lowest BCUT2D eigenvalue weighted by atomic mass is 9.70. The van der Waals surface area contributed by atoms with Gasteiger partial charge in [-0.2, -0.15) is 0 Å². The summed E-state index contributed by atoms with van der Waals surface area (Å²) in [6.45, 7) is 2.86. The van der Waals surface area contributed by atoms with E-state index < -0.39 is 5.97 Å². The third-order valence-corrected chi connectivity index (χ3v) is 8.42. The monoisotopic (exact) mass is 544 g/mol. The number of fused-ring (bicyclic) bond motifs is 3. The molecule has 2 amide bonds. The number of likely N-dealkylation sites (tertiary alicyclic amines) is 1. The standard InChI is InChI=1S/C32H36N2O6/c1-20-17-24-30(32(39)34(31(24)38)16-6-2-3-8-28(36)37)25-19-40-27(29(20)25)14-11-22(26-7-4-5-15-33-26)18-21-9-12-23(35)13-10-21/h4-5,7,9-10,12-13,15,18,24-25,27,30,35H,2-3,6,8,11,14,16-17,19H2,1H3,(H,36,37)/b22-18-/t24-,25+,27-,30-/m1/s1. The normalized spacial score (nSPS) is 24.4. The molecule has 0 unspecified atom stereocenters. The highest BCUT2D eigenvalue weighted by Crippen LogP contribution is 2.49. The zero-order valence-electron chi connectivity index (χ0n) is 22.8. The summed E-state index contributed by atoms with van der Waals surface area (Å²) in [4.78, 5) is 43.4. The number of amides is 2. The topological polar surface area (TPSA) is 117 Å². The van der Waals surface area contributed by atoms with Gasteiger partial charge in [0.15, 0.2) is 0 Å². The summed E-state index contributed by atoms with van der Waals surface area (Å²) in [5.74, 6) is -1.60. The SMILES string of the molecule is CC1=C2[C@@H](CC/C(=C/c3ccc(O)cc3)c3ccccn3)OC[C@@H]2[C@@H]2C(=O)N(CCCCCC(=O)O)C(=O)[C@@H]2C1. The highest BCUT2D eigenvalue weighted by atomic mass is 16.5. The van der Waals surface area contributed by atoms with Gasteiger partial charge in [0.2, 0.25) is 11.8 Å². The van der Waals surface area contributed by atoms with Gasteiger partial charge >= 0.3 is 5.97 Å². The van der Waals surface area contributed by atoms with E-state index in [4.69, 9.17) is 9.84 Å². The molecular formula is C32H36N2O6. The number of unbranched alkanes of at least 4 members (excludes halogenated alkanes) is 2. The number of imide groups is 1. The average Bonchev–Trinajstić information content (AvgIpc) is 3.47. The van der Waals surface area contributed by atoms with Gasteiger partial charge < -0.3 is 14.9 Å². The molecule has 210 valence electrons. The lowest BCUT2D eigenvalue weighted by molar-refractivity contribution is -0.141. The van der Waals surface area contributed by atoms with Crippen molar-refractivity contribution in [1.29, 1.82) is 0 Å². The van der Waals surface area contributed by atoms with Crippen molar-refractivity contribution in [3.05, 3.63) is 71.1 Å². The maximum Gasteiger partial charge on any atom is 0.303 e. The molecule has 2 aliphatic heterocycles. The first-order chi connectivity index (χ1) is 19.3. The molecule has 3 heterocycles. The Labute approximate surface area is 234 Å². The molecule has 8 nitrogen and oxygen atoms in total. The minimum absolute atomic E-state index is 0.0865. The second kappa shape index (κ2) is 12.2. The fraction of sp³-hybridized carbons (Fsp3) is 0.438. The van der Waals surface area contributed by atoms with Gasteiger partial charge in [-0.1, -0.05) is 30.2 Å². The molecule has 5 rings (SSSR count). The van der Waals surface area contributed by atoms with Crippen LogP contribution in [-0.4, -0.2) is 57.1 Å². The zero-order chi connectivity index (χ0) is 28.2. The van der Waals surface area contributed by atoms with E-state index in [0.29, 0.717) is 38.8 Å². The zero-order valence-corrected chi connectivity index (χ0v) is 22.8. The number of aliphatic carboxylic acids is 1. The molecule has 2 fully saturated rings. The first-order valence-electron chi connectivity index (χ1n) is 14.1. The van der Waals surface area contributed by atoms with E-state index in [0.717, 1.165) is 35.2 Å². The van der Waals surface area contributed by atoms with Crippen molar-refractivity contribution in [2.75, 3.05) is 13.2 Å². The van der Waals surface area contributed by atoms with Crippen molar-refractivity contribution in [2.45, 2.75) is 58.0 Å². The number of phenols is 1. The highest BCUT2D eigenvalue weighted by molar-refractivity contribution is 6.06. The number of nitrogens with zero attached hydrogens (tertiary/aromatic N) is 2. The number of carbonyl (C=O) groups excluding carboxylic acids is 2. The summed E-state index contributed by atoms with van der Waals surface area (Å²) in [6, 6.07) is 12.9. The Hall–Kier alpha value is -3.78. The summed E-state index contributed by atoms with van der Waals surface area (Å²) in [6.07, 6.45) is 7.71. The smallest absolute Gasteiger partial charge is 0.303 e.